The van der Waals surface area contributed by atoms with Crippen LogP contribution in [0.4, 0.5) is 4.39 Å². The van der Waals surface area contributed by atoms with Crippen LogP contribution < -0.4 is 0 Å². The lowest BCUT2D eigenvalue weighted by atomic mass is 10.1. The van der Waals surface area contributed by atoms with Crippen molar-refractivity contribution in [2.45, 2.75) is 40.3 Å². The van der Waals surface area contributed by atoms with Gasteiger partial charge in [-0.25, -0.2) is 4.39 Å². The third kappa shape index (κ3) is 3.19. The Morgan fingerprint density at radius 1 is 1.23 bits per heavy atom. The highest BCUT2D eigenvalue weighted by Crippen LogP contribution is 2.32. The van der Waals surface area contributed by atoms with Crippen molar-refractivity contribution in [3.05, 3.63) is 65.6 Å². The number of allylic oxidation sites excluding steroid dienone is 1. The molecule has 5 nitrogen and oxygen atoms in total. The van der Waals surface area contributed by atoms with Gasteiger partial charge in [-0.1, -0.05) is 25.3 Å². The van der Waals surface area contributed by atoms with Gasteiger partial charge in [0.15, 0.2) is 11.6 Å². The summed E-state index contributed by atoms with van der Waals surface area (Å²) in [4.78, 5) is 6.54. The van der Waals surface area contributed by atoms with Crippen molar-refractivity contribution in [2.24, 2.45) is 4.99 Å². The molecule has 0 saturated heterocycles. The van der Waals surface area contributed by atoms with E-state index in [4.69, 9.17) is 0 Å². The highest BCUT2D eigenvalue weighted by Gasteiger charge is 2.30. The van der Waals surface area contributed by atoms with E-state index >= 15 is 0 Å². The van der Waals surface area contributed by atoms with Crippen LogP contribution in [0.25, 0.3) is 5.70 Å². The predicted octanol–water partition coefficient (Wildman–Crippen LogP) is 4.12. The first-order valence-electron chi connectivity index (χ1n) is 8.66. The first-order valence-corrected chi connectivity index (χ1v) is 8.66. The van der Waals surface area contributed by atoms with Gasteiger partial charge in [0.05, 0.1) is 11.8 Å². The summed E-state index contributed by atoms with van der Waals surface area (Å²) in [5, 5.41) is 8.69. The Labute approximate surface area is 153 Å². The SMILES string of the molecule is C=C(C)/N=C(\C)c1nnc2n1CCN(C(=C)c1ccc(C)c(F)c1)[C@@H]2C. The highest BCUT2D eigenvalue weighted by atomic mass is 19.1. The number of aryl methyl sites for hydroxylation is 1. The fraction of sp³-hybridized carbons (Fsp3) is 0.350. The molecule has 0 amide bonds. The maximum Gasteiger partial charge on any atom is 0.178 e. The second-order valence-electron chi connectivity index (χ2n) is 6.75. The van der Waals surface area contributed by atoms with E-state index in [1.54, 1.807) is 19.1 Å². The van der Waals surface area contributed by atoms with Crippen LogP contribution in [-0.4, -0.2) is 31.9 Å². The monoisotopic (exact) mass is 353 g/mol. The molecule has 1 aliphatic heterocycles. The Hall–Kier alpha value is -2.76. The number of rotatable bonds is 4. The van der Waals surface area contributed by atoms with Crippen LogP contribution in [0.15, 0.2) is 42.0 Å². The fourth-order valence-corrected chi connectivity index (χ4v) is 3.30. The number of fused-ring (bicyclic) bond motifs is 1. The zero-order valence-electron chi connectivity index (χ0n) is 15.8. The molecule has 0 aliphatic carbocycles. The zero-order chi connectivity index (χ0) is 19.0. The molecule has 0 N–H and O–H groups in total. The summed E-state index contributed by atoms with van der Waals surface area (Å²) >= 11 is 0. The van der Waals surface area contributed by atoms with E-state index in [2.05, 4.69) is 44.7 Å². The van der Waals surface area contributed by atoms with Crippen molar-refractivity contribution >= 4 is 11.4 Å². The van der Waals surface area contributed by atoms with Crippen LogP contribution in [0.3, 0.4) is 0 Å². The van der Waals surface area contributed by atoms with Crippen LogP contribution in [0.2, 0.25) is 0 Å². The first-order chi connectivity index (χ1) is 12.3. The number of halogens is 1. The van der Waals surface area contributed by atoms with Gasteiger partial charge in [-0.2, -0.15) is 0 Å². The minimum absolute atomic E-state index is 0.0144. The van der Waals surface area contributed by atoms with Gasteiger partial charge in [-0.05, 0) is 39.3 Å². The largest absolute Gasteiger partial charge is 0.360 e. The summed E-state index contributed by atoms with van der Waals surface area (Å²) in [5.41, 5.74) is 3.74. The molecule has 26 heavy (non-hydrogen) atoms. The standard InChI is InChI=1S/C20H24FN5/c1-12(2)22-14(4)19-23-24-20-16(6)25(9-10-26(19)20)15(5)17-8-7-13(3)18(21)11-17/h7-8,11,16H,1,5,9-10H2,2-4,6H3/b22-14+/t16-/m1/s1. The predicted molar refractivity (Wildman–Crippen MR) is 102 cm³/mol. The Morgan fingerprint density at radius 3 is 2.62 bits per heavy atom. The molecular formula is C20H24FN5. The van der Waals surface area contributed by atoms with Gasteiger partial charge in [-0.3, -0.25) is 4.99 Å². The fourth-order valence-electron chi connectivity index (χ4n) is 3.30. The van der Waals surface area contributed by atoms with Gasteiger partial charge in [0, 0.05) is 30.0 Å². The molecule has 1 aromatic carbocycles. The van der Waals surface area contributed by atoms with Crippen LogP contribution in [0, 0.1) is 12.7 Å². The molecule has 0 fully saturated rings. The van der Waals surface area contributed by atoms with E-state index in [0.29, 0.717) is 5.56 Å². The molecule has 136 valence electrons. The number of hydrogen-bond acceptors (Lipinski definition) is 4. The summed E-state index contributed by atoms with van der Waals surface area (Å²) in [6.07, 6.45) is 0. The highest BCUT2D eigenvalue weighted by molar-refractivity contribution is 5.96. The molecule has 2 aromatic rings. The van der Waals surface area contributed by atoms with E-state index in [0.717, 1.165) is 47.4 Å². The van der Waals surface area contributed by atoms with Crippen molar-refractivity contribution in [1.29, 1.82) is 0 Å². The molecule has 0 spiro atoms. The average Bonchev–Trinajstić information content (AvgIpc) is 3.01. The van der Waals surface area contributed by atoms with Crippen molar-refractivity contribution in [3.63, 3.8) is 0 Å². The third-order valence-corrected chi connectivity index (χ3v) is 4.72. The summed E-state index contributed by atoms with van der Waals surface area (Å²) in [5.74, 6) is 1.41. The molecule has 0 bridgehead atoms. The Bertz CT molecular complexity index is 909. The van der Waals surface area contributed by atoms with Gasteiger partial charge in [0.1, 0.15) is 5.82 Å². The second kappa shape index (κ2) is 6.86. The van der Waals surface area contributed by atoms with E-state index in [1.807, 2.05) is 19.9 Å². The molecule has 1 aliphatic rings. The molecule has 1 aromatic heterocycles. The van der Waals surface area contributed by atoms with E-state index in [-0.39, 0.29) is 11.9 Å². The molecule has 0 unspecified atom stereocenters. The molecule has 6 heteroatoms. The number of nitrogens with zero attached hydrogens (tertiary/aromatic N) is 5. The summed E-state index contributed by atoms with van der Waals surface area (Å²) in [6.45, 7) is 17.1. The van der Waals surface area contributed by atoms with E-state index < -0.39 is 0 Å². The number of aliphatic imine (C=N–C) groups is 1. The summed E-state index contributed by atoms with van der Waals surface area (Å²) in [6, 6.07) is 5.21. The van der Waals surface area contributed by atoms with Crippen molar-refractivity contribution < 1.29 is 4.39 Å². The van der Waals surface area contributed by atoms with Crippen molar-refractivity contribution in [3.8, 4) is 0 Å². The number of hydrogen-bond donors (Lipinski definition) is 0. The Morgan fingerprint density at radius 2 is 1.96 bits per heavy atom. The first kappa shape index (κ1) is 18.0. The average molecular weight is 353 g/mol. The molecule has 3 rings (SSSR count). The lowest BCUT2D eigenvalue weighted by Gasteiger charge is -2.36. The van der Waals surface area contributed by atoms with Crippen LogP contribution in [-0.2, 0) is 6.54 Å². The third-order valence-electron chi connectivity index (χ3n) is 4.72. The molecule has 0 saturated carbocycles. The van der Waals surface area contributed by atoms with Gasteiger partial charge in [0.2, 0.25) is 0 Å². The van der Waals surface area contributed by atoms with Gasteiger partial charge in [0.25, 0.3) is 0 Å². The van der Waals surface area contributed by atoms with Gasteiger partial charge >= 0.3 is 0 Å². The lowest BCUT2D eigenvalue weighted by molar-refractivity contribution is 0.250. The number of aromatic nitrogens is 3. The topological polar surface area (TPSA) is 46.3 Å². The van der Waals surface area contributed by atoms with Crippen molar-refractivity contribution in [1.82, 2.24) is 19.7 Å². The molecule has 1 atom stereocenters. The van der Waals surface area contributed by atoms with E-state index in [9.17, 15) is 4.39 Å². The quantitative estimate of drug-likeness (QED) is 0.777. The molecular weight excluding hydrogens is 329 g/mol. The minimum atomic E-state index is -0.217. The van der Waals surface area contributed by atoms with Crippen LogP contribution in [0.5, 0.6) is 0 Å². The smallest absolute Gasteiger partial charge is 0.178 e. The normalized spacial score (nSPS) is 17.2. The molecule has 2 heterocycles. The summed E-state index contributed by atoms with van der Waals surface area (Å²) < 4.78 is 16.0. The lowest BCUT2D eigenvalue weighted by Crippen LogP contribution is -2.36. The van der Waals surface area contributed by atoms with Crippen LogP contribution in [0.1, 0.15) is 49.6 Å². The Balaban J connectivity index is 1.90. The van der Waals surface area contributed by atoms with Crippen LogP contribution >= 0.6 is 0 Å². The minimum Gasteiger partial charge on any atom is -0.360 e. The van der Waals surface area contributed by atoms with Crippen molar-refractivity contribution in [2.75, 3.05) is 6.54 Å². The number of benzene rings is 1. The zero-order valence-corrected chi connectivity index (χ0v) is 15.8. The van der Waals surface area contributed by atoms with Gasteiger partial charge < -0.3 is 9.47 Å². The Kier molecular flexibility index (Phi) is 4.76. The maximum atomic E-state index is 13.9. The maximum absolute atomic E-state index is 13.9. The second-order valence-corrected chi connectivity index (χ2v) is 6.75. The summed E-state index contributed by atoms with van der Waals surface area (Å²) in [7, 11) is 0. The molecule has 0 radical (unpaired) electrons. The van der Waals surface area contributed by atoms with E-state index in [1.165, 1.54) is 0 Å². The van der Waals surface area contributed by atoms with Gasteiger partial charge in [-0.15, -0.1) is 10.2 Å².